The molecular weight excluding hydrogens is 447 g/mol. The summed E-state index contributed by atoms with van der Waals surface area (Å²) >= 11 is 17.6. The van der Waals surface area contributed by atoms with Gasteiger partial charge in [-0.25, -0.2) is 15.0 Å². The third kappa shape index (κ3) is 5.41. The van der Waals surface area contributed by atoms with E-state index in [9.17, 15) is 24.3 Å². The number of ether oxygens (including phenoxy) is 1. The molecule has 14 heteroatoms. The highest BCUT2D eigenvalue weighted by molar-refractivity contribution is 8.00. The number of β-lactam (4-membered cyclic amide) rings is 1. The Morgan fingerprint density at radius 3 is 2.67 bits per heavy atom. The molecule has 2 heterocycles. The molecule has 1 fully saturated rings. The van der Waals surface area contributed by atoms with Crippen LogP contribution in [0.15, 0.2) is 16.4 Å². The molecule has 0 aromatic rings. The average molecular weight is 460 g/mol. The van der Waals surface area contributed by atoms with Crippen molar-refractivity contribution in [2.75, 3.05) is 12.4 Å². The number of nitrogens with zero attached hydrogens (tertiary/aromatic N) is 2. The Bertz CT molecular complexity index is 738. The zero-order chi connectivity index (χ0) is 20.4. The molecule has 3 N–H and O–H groups in total. The van der Waals surface area contributed by atoms with Crippen molar-refractivity contribution in [3.05, 3.63) is 11.3 Å². The van der Waals surface area contributed by atoms with Crippen LogP contribution in [0.1, 0.15) is 6.92 Å². The second kappa shape index (κ2) is 8.55. The first-order valence-corrected chi connectivity index (χ1v) is 9.40. The number of alkyl carbamates (subject to hydrolysis) is 1. The molecule has 1 saturated heterocycles. The number of rotatable bonds is 5. The summed E-state index contributed by atoms with van der Waals surface area (Å²) < 4.78 is 2.90. The Morgan fingerprint density at radius 2 is 2.11 bits per heavy atom. The first-order valence-electron chi connectivity index (χ1n) is 7.22. The minimum Gasteiger partial charge on any atom is -0.477 e. The highest BCUT2D eigenvalue weighted by atomic mass is 35.6. The Hall–Kier alpha value is -1.69. The molecule has 0 spiro atoms. The topological polar surface area (TPSA) is 137 Å². The van der Waals surface area contributed by atoms with Crippen molar-refractivity contribution in [1.29, 1.82) is 0 Å². The maximum Gasteiger partial charge on any atom is 0.408 e. The van der Waals surface area contributed by atoms with E-state index in [2.05, 4.69) is 15.8 Å². The number of amides is 3. The van der Waals surface area contributed by atoms with Gasteiger partial charge in [0.1, 0.15) is 23.7 Å². The first kappa shape index (κ1) is 21.6. The predicted octanol–water partition coefficient (Wildman–Crippen LogP) is 0.827. The third-order valence-electron chi connectivity index (χ3n) is 3.28. The molecule has 2 rings (SSSR count). The van der Waals surface area contributed by atoms with Crippen molar-refractivity contribution in [2.45, 2.75) is 22.1 Å². The first-order chi connectivity index (χ1) is 12.5. The van der Waals surface area contributed by atoms with E-state index < -0.39 is 45.7 Å². The van der Waals surface area contributed by atoms with E-state index in [1.54, 1.807) is 0 Å². The van der Waals surface area contributed by atoms with Crippen LogP contribution in [0, 0.1) is 0 Å². The molecule has 0 bridgehead atoms. The minimum absolute atomic E-state index is 0.195. The standard InChI is InChI=1S/C13H13Cl3N4O6S/c1-5(21)19-17-2-6-3-27-10-7(9(22)20(10)8(6)11(23)24)18-12(25)26-4-13(14,15)16/h2,7,10H,3-4H2,1H3,(H,18,25)(H,19,21)(H,23,24)/t7?,10-/m0/s1. The Labute approximate surface area is 172 Å². The number of carboxylic acid groups (broad SMARTS) is 1. The molecule has 0 saturated carbocycles. The lowest BCUT2D eigenvalue weighted by Gasteiger charge is -2.48. The Kier molecular flexibility index (Phi) is 6.84. The fourth-order valence-electron chi connectivity index (χ4n) is 2.26. The van der Waals surface area contributed by atoms with Gasteiger partial charge >= 0.3 is 12.1 Å². The van der Waals surface area contributed by atoms with Gasteiger partial charge in [-0.1, -0.05) is 34.8 Å². The van der Waals surface area contributed by atoms with Gasteiger partial charge in [0.25, 0.3) is 5.91 Å². The largest absolute Gasteiger partial charge is 0.477 e. The maximum atomic E-state index is 12.3. The van der Waals surface area contributed by atoms with Crippen molar-refractivity contribution in [3.8, 4) is 0 Å². The summed E-state index contributed by atoms with van der Waals surface area (Å²) in [7, 11) is 0. The number of alkyl halides is 3. The lowest BCUT2D eigenvalue weighted by molar-refractivity contribution is -0.148. The molecule has 2 atom stereocenters. The molecule has 0 aromatic heterocycles. The van der Waals surface area contributed by atoms with Crippen LogP contribution >= 0.6 is 46.6 Å². The van der Waals surface area contributed by atoms with E-state index in [4.69, 9.17) is 39.5 Å². The van der Waals surface area contributed by atoms with Gasteiger partial charge in [-0.05, 0) is 0 Å². The van der Waals surface area contributed by atoms with Gasteiger partial charge in [-0.15, -0.1) is 11.8 Å². The van der Waals surface area contributed by atoms with Crippen LogP contribution in [0.5, 0.6) is 0 Å². The van der Waals surface area contributed by atoms with Gasteiger partial charge in [0.2, 0.25) is 9.70 Å². The molecule has 2 aliphatic heterocycles. The molecule has 0 radical (unpaired) electrons. The summed E-state index contributed by atoms with van der Waals surface area (Å²) in [5.41, 5.74) is 2.12. The van der Waals surface area contributed by atoms with E-state index in [-0.39, 0.29) is 17.0 Å². The molecular formula is C13H13Cl3N4O6S. The number of carboxylic acids is 1. The molecule has 1 unspecified atom stereocenters. The SMILES string of the molecule is CC(=O)NN=CC1=C(C(=O)O)N2C(=O)C(NC(=O)OCC(Cl)(Cl)Cl)[C@@H]2SC1. The number of carbonyl (C=O) groups is 4. The van der Waals surface area contributed by atoms with Gasteiger partial charge in [0, 0.05) is 18.2 Å². The molecule has 148 valence electrons. The molecule has 3 amide bonds. The van der Waals surface area contributed by atoms with E-state index in [0.717, 1.165) is 11.1 Å². The van der Waals surface area contributed by atoms with Gasteiger partial charge in [-0.3, -0.25) is 14.5 Å². The number of hydrazone groups is 1. The highest BCUT2D eigenvalue weighted by Crippen LogP contribution is 2.40. The summed E-state index contributed by atoms with van der Waals surface area (Å²) in [4.78, 5) is 47.5. The number of halogens is 3. The number of aliphatic carboxylic acids is 1. The molecule has 27 heavy (non-hydrogen) atoms. The summed E-state index contributed by atoms with van der Waals surface area (Å²) in [6.07, 6.45) is 0.191. The fourth-order valence-corrected chi connectivity index (χ4v) is 3.72. The van der Waals surface area contributed by atoms with Crippen LogP contribution in [0.2, 0.25) is 0 Å². The summed E-state index contributed by atoms with van der Waals surface area (Å²) in [5.74, 6) is -2.21. The second-order valence-corrected chi connectivity index (χ2v) is 8.95. The second-order valence-electron chi connectivity index (χ2n) is 5.33. The normalized spacial score (nSPS) is 22.2. The maximum absolute atomic E-state index is 12.3. The van der Waals surface area contributed by atoms with Crippen LogP contribution in [-0.4, -0.2) is 67.7 Å². The van der Waals surface area contributed by atoms with Gasteiger partial charge in [0.15, 0.2) is 0 Å². The summed E-state index contributed by atoms with van der Waals surface area (Å²) in [6.45, 7) is 0.725. The van der Waals surface area contributed by atoms with Gasteiger partial charge in [-0.2, -0.15) is 5.10 Å². The zero-order valence-corrected chi connectivity index (χ0v) is 16.7. The summed E-state index contributed by atoms with van der Waals surface area (Å²) in [5, 5.41) is 14.7. The van der Waals surface area contributed by atoms with Crippen molar-refractivity contribution in [1.82, 2.24) is 15.6 Å². The molecule has 0 aliphatic carbocycles. The van der Waals surface area contributed by atoms with Gasteiger partial charge < -0.3 is 15.2 Å². The summed E-state index contributed by atoms with van der Waals surface area (Å²) in [6, 6.07) is -0.985. The number of hydrogen-bond acceptors (Lipinski definition) is 7. The van der Waals surface area contributed by atoms with Crippen LogP contribution in [-0.2, 0) is 19.1 Å². The van der Waals surface area contributed by atoms with E-state index in [1.165, 1.54) is 18.7 Å². The average Bonchev–Trinajstić information content (AvgIpc) is 2.56. The molecule has 2 aliphatic rings. The van der Waals surface area contributed by atoms with Crippen LogP contribution in [0.25, 0.3) is 0 Å². The van der Waals surface area contributed by atoms with E-state index in [0.29, 0.717) is 0 Å². The smallest absolute Gasteiger partial charge is 0.408 e. The quantitative estimate of drug-likeness (QED) is 0.240. The number of carbonyl (C=O) groups excluding carboxylic acids is 3. The molecule has 0 aromatic carbocycles. The lowest BCUT2D eigenvalue weighted by Crippen LogP contribution is -2.70. The minimum atomic E-state index is -1.80. The predicted molar refractivity (Wildman–Crippen MR) is 98.6 cm³/mol. The van der Waals surface area contributed by atoms with E-state index >= 15 is 0 Å². The molecule has 10 nitrogen and oxygen atoms in total. The zero-order valence-electron chi connectivity index (χ0n) is 13.6. The van der Waals surface area contributed by atoms with Crippen LogP contribution in [0.4, 0.5) is 4.79 Å². The van der Waals surface area contributed by atoms with Crippen LogP contribution < -0.4 is 10.7 Å². The van der Waals surface area contributed by atoms with Gasteiger partial charge in [0.05, 0.1) is 6.21 Å². The lowest BCUT2D eigenvalue weighted by atomic mass is 10.0. The number of fused-ring (bicyclic) bond motifs is 1. The van der Waals surface area contributed by atoms with Crippen molar-refractivity contribution >= 4 is 76.7 Å². The van der Waals surface area contributed by atoms with Crippen molar-refractivity contribution < 1.29 is 29.0 Å². The Balaban J connectivity index is 2.08. The monoisotopic (exact) mass is 458 g/mol. The van der Waals surface area contributed by atoms with E-state index in [1.807, 2.05) is 0 Å². The number of hydrogen-bond donors (Lipinski definition) is 3. The number of thioether (sulfide) groups is 1. The number of nitrogens with one attached hydrogen (secondary N) is 2. The van der Waals surface area contributed by atoms with Crippen molar-refractivity contribution in [3.63, 3.8) is 0 Å². The van der Waals surface area contributed by atoms with Crippen molar-refractivity contribution in [2.24, 2.45) is 5.10 Å². The van der Waals surface area contributed by atoms with Crippen LogP contribution in [0.3, 0.4) is 0 Å². The highest BCUT2D eigenvalue weighted by Gasteiger charge is 2.54. The third-order valence-corrected chi connectivity index (χ3v) is 4.91. The Morgan fingerprint density at radius 1 is 1.44 bits per heavy atom. The fraction of sp³-hybridized carbons (Fsp3) is 0.462.